The summed E-state index contributed by atoms with van der Waals surface area (Å²) in [4.78, 5) is 25.6. The molecule has 0 fully saturated rings. The van der Waals surface area contributed by atoms with Crippen molar-refractivity contribution in [1.82, 2.24) is 30.0 Å². The Bertz CT molecular complexity index is 879. The largest absolute Gasteiger partial charge is 0.345 e. The van der Waals surface area contributed by atoms with Crippen LogP contribution in [0.1, 0.15) is 33.3 Å². The number of nitrogens with one attached hydrogen (secondary N) is 1. The monoisotopic (exact) mass is 310 g/mol. The van der Waals surface area contributed by atoms with Gasteiger partial charge in [0.1, 0.15) is 5.82 Å². The molecule has 3 aromatic heterocycles. The summed E-state index contributed by atoms with van der Waals surface area (Å²) in [5.74, 6) is 0.417. The van der Waals surface area contributed by atoms with E-state index in [9.17, 15) is 4.79 Å². The molecule has 0 radical (unpaired) electrons. The number of hydrogen-bond acceptors (Lipinski definition) is 5. The van der Waals surface area contributed by atoms with Gasteiger partial charge in [-0.05, 0) is 32.9 Å². The minimum absolute atomic E-state index is 0.184. The maximum atomic E-state index is 12.5. The molecule has 1 N–H and O–H groups in total. The molecule has 3 aromatic rings. The normalized spacial score (nSPS) is 11.0. The molecular weight excluding hydrogens is 292 g/mol. The van der Waals surface area contributed by atoms with Crippen molar-refractivity contribution in [3.05, 3.63) is 46.8 Å². The second kappa shape index (κ2) is 5.75. The molecular formula is C16H18N6O. The number of aromatic nitrogens is 5. The predicted octanol–water partition coefficient (Wildman–Crippen LogP) is 1.61. The van der Waals surface area contributed by atoms with E-state index < -0.39 is 0 Å². The summed E-state index contributed by atoms with van der Waals surface area (Å²) in [5, 5.41) is 7.77. The van der Waals surface area contributed by atoms with Gasteiger partial charge in [0.2, 0.25) is 0 Å². The molecule has 0 saturated heterocycles. The smallest absolute Gasteiger partial charge is 0.252 e. The molecule has 0 saturated carbocycles. The SMILES string of the molecule is Cc1cc(C)nc(CNC(=O)c2cc(C)nc3c2cnn3C)n1. The van der Waals surface area contributed by atoms with Gasteiger partial charge in [0, 0.05) is 24.1 Å². The van der Waals surface area contributed by atoms with Crippen molar-refractivity contribution in [3.63, 3.8) is 0 Å². The Hall–Kier alpha value is -2.83. The van der Waals surface area contributed by atoms with Crippen molar-refractivity contribution in [2.24, 2.45) is 7.05 Å². The highest BCUT2D eigenvalue weighted by molar-refractivity contribution is 6.05. The van der Waals surface area contributed by atoms with Gasteiger partial charge in [0.15, 0.2) is 5.65 Å². The average Bonchev–Trinajstić information content (AvgIpc) is 2.84. The molecule has 3 rings (SSSR count). The fraction of sp³-hybridized carbons (Fsp3) is 0.312. The molecule has 0 aliphatic heterocycles. The van der Waals surface area contributed by atoms with Crippen molar-refractivity contribution < 1.29 is 4.79 Å². The quantitative estimate of drug-likeness (QED) is 0.794. The maximum Gasteiger partial charge on any atom is 0.252 e. The lowest BCUT2D eigenvalue weighted by atomic mass is 10.1. The van der Waals surface area contributed by atoms with Crippen LogP contribution in [0.15, 0.2) is 18.3 Å². The first kappa shape index (κ1) is 15.1. The van der Waals surface area contributed by atoms with Crippen LogP contribution < -0.4 is 5.32 Å². The number of pyridine rings is 1. The van der Waals surface area contributed by atoms with Gasteiger partial charge < -0.3 is 5.32 Å². The minimum Gasteiger partial charge on any atom is -0.345 e. The van der Waals surface area contributed by atoms with Crippen LogP contribution in [0.5, 0.6) is 0 Å². The Morgan fingerprint density at radius 2 is 1.74 bits per heavy atom. The Morgan fingerprint density at radius 1 is 1.09 bits per heavy atom. The summed E-state index contributed by atoms with van der Waals surface area (Å²) in [6.07, 6.45) is 1.66. The van der Waals surface area contributed by atoms with Crippen LogP contribution in [0.2, 0.25) is 0 Å². The van der Waals surface area contributed by atoms with Crippen LogP contribution in [0.4, 0.5) is 0 Å². The van der Waals surface area contributed by atoms with Crippen LogP contribution >= 0.6 is 0 Å². The van der Waals surface area contributed by atoms with Crippen molar-refractivity contribution in [2.45, 2.75) is 27.3 Å². The van der Waals surface area contributed by atoms with E-state index >= 15 is 0 Å². The van der Waals surface area contributed by atoms with E-state index in [-0.39, 0.29) is 12.5 Å². The summed E-state index contributed by atoms with van der Waals surface area (Å²) >= 11 is 0. The molecule has 3 heterocycles. The van der Waals surface area contributed by atoms with Gasteiger partial charge in [-0.15, -0.1) is 0 Å². The number of carbonyl (C=O) groups excluding carboxylic acids is 1. The third kappa shape index (κ3) is 3.03. The first-order chi connectivity index (χ1) is 10.9. The van der Waals surface area contributed by atoms with Crippen LogP contribution in [-0.4, -0.2) is 30.6 Å². The maximum absolute atomic E-state index is 12.5. The van der Waals surface area contributed by atoms with Crippen molar-refractivity contribution in [3.8, 4) is 0 Å². The molecule has 0 unspecified atom stereocenters. The van der Waals surface area contributed by atoms with Crippen LogP contribution in [0.3, 0.4) is 0 Å². The molecule has 0 atom stereocenters. The second-order valence-corrected chi connectivity index (χ2v) is 5.57. The number of aryl methyl sites for hydroxylation is 4. The zero-order valence-corrected chi connectivity index (χ0v) is 13.6. The molecule has 0 spiro atoms. The first-order valence-electron chi connectivity index (χ1n) is 7.33. The zero-order chi connectivity index (χ0) is 16.6. The molecule has 1 amide bonds. The first-order valence-corrected chi connectivity index (χ1v) is 7.33. The Labute approximate surface area is 133 Å². The van der Waals surface area contributed by atoms with E-state index in [2.05, 4.69) is 25.4 Å². The third-order valence-electron chi connectivity index (χ3n) is 3.51. The van der Waals surface area contributed by atoms with Gasteiger partial charge in [0.05, 0.1) is 23.7 Å². The lowest BCUT2D eigenvalue weighted by Gasteiger charge is -2.07. The zero-order valence-electron chi connectivity index (χ0n) is 13.6. The Morgan fingerprint density at radius 3 is 2.43 bits per heavy atom. The fourth-order valence-electron chi connectivity index (χ4n) is 2.56. The van der Waals surface area contributed by atoms with E-state index in [0.717, 1.165) is 22.5 Å². The molecule has 7 nitrogen and oxygen atoms in total. The highest BCUT2D eigenvalue weighted by Gasteiger charge is 2.15. The minimum atomic E-state index is -0.184. The van der Waals surface area contributed by atoms with Crippen LogP contribution in [0, 0.1) is 20.8 Å². The summed E-state index contributed by atoms with van der Waals surface area (Å²) in [5.41, 5.74) is 3.80. The van der Waals surface area contributed by atoms with Crippen molar-refractivity contribution in [2.75, 3.05) is 0 Å². The molecule has 0 bridgehead atoms. The van der Waals surface area contributed by atoms with Crippen molar-refractivity contribution >= 4 is 16.9 Å². The number of fused-ring (bicyclic) bond motifs is 1. The third-order valence-corrected chi connectivity index (χ3v) is 3.51. The number of amides is 1. The number of rotatable bonds is 3. The van der Waals surface area contributed by atoms with E-state index in [0.29, 0.717) is 17.0 Å². The van der Waals surface area contributed by atoms with E-state index in [1.807, 2.05) is 26.8 Å². The standard InChI is InChI=1S/C16H18N6O/c1-9-5-10(2)20-14(19-9)8-17-16(23)12-6-11(3)21-15-13(12)7-18-22(15)4/h5-7H,8H2,1-4H3,(H,17,23). The van der Waals surface area contributed by atoms with Gasteiger partial charge in [-0.2, -0.15) is 5.10 Å². The van der Waals surface area contributed by atoms with Gasteiger partial charge in [-0.3, -0.25) is 9.48 Å². The topological polar surface area (TPSA) is 85.6 Å². The average molecular weight is 310 g/mol. The molecule has 7 heteroatoms. The summed E-state index contributed by atoms with van der Waals surface area (Å²) in [6.45, 7) is 5.96. The fourth-order valence-corrected chi connectivity index (χ4v) is 2.56. The highest BCUT2D eigenvalue weighted by atomic mass is 16.1. The number of nitrogens with zero attached hydrogens (tertiary/aromatic N) is 5. The summed E-state index contributed by atoms with van der Waals surface area (Å²) in [7, 11) is 1.81. The molecule has 23 heavy (non-hydrogen) atoms. The molecule has 0 aromatic carbocycles. The molecule has 0 aliphatic rings. The molecule has 118 valence electrons. The predicted molar refractivity (Wildman–Crippen MR) is 85.9 cm³/mol. The van der Waals surface area contributed by atoms with E-state index in [1.165, 1.54) is 0 Å². The summed E-state index contributed by atoms with van der Waals surface area (Å²) < 4.78 is 1.66. The lowest BCUT2D eigenvalue weighted by molar-refractivity contribution is 0.0951. The highest BCUT2D eigenvalue weighted by Crippen LogP contribution is 2.17. The Kier molecular flexibility index (Phi) is 3.77. The van der Waals surface area contributed by atoms with Gasteiger partial charge in [-0.25, -0.2) is 15.0 Å². The van der Waals surface area contributed by atoms with Crippen LogP contribution in [-0.2, 0) is 13.6 Å². The van der Waals surface area contributed by atoms with Gasteiger partial charge in [-0.1, -0.05) is 0 Å². The number of hydrogen-bond donors (Lipinski definition) is 1. The lowest BCUT2D eigenvalue weighted by Crippen LogP contribution is -2.24. The van der Waals surface area contributed by atoms with E-state index in [1.54, 1.807) is 24.0 Å². The van der Waals surface area contributed by atoms with Gasteiger partial charge in [0.25, 0.3) is 5.91 Å². The van der Waals surface area contributed by atoms with Gasteiger partial charge >= 0.3 is 0 Å². The molecule has 0 aliphatic carbocycles. The van der Waals surface area contributed by atoms with E-state index in [4.69, 9.17) is 0 Å². The van der Waals surface area contributed by atoms with Crippen molar-refractivity contribution in [1.29, 1.82) is 0 Å². The second-order valence-electron chi connectivity index (χ2n) is 5.57. The number of carbonyl (C=O) groups is 1. The summed E-state index contributed by atoms with van der Waals surface area (Å²) in [6, 6.07) is 3.67. The van der Waals surface area contributed by atoms with Crippen LogP contribution in [0.25, 0.3) is 11.0 Å². The Balaban J connectivity index is 1.86.